The number of hydrogen-bond acceptors (Lipinski definition) is 5. The van der Waals surface area contributed by atoms with Crippen LogP contribution in [0.5, 0.6) is 0 Å². The van der Waals surface area contributed by atoms with E-state index in [1.165, 1.54) is 19.3 Å². The van der Waals surface area contributed by atoms with Crippen LogP contribution in [-0.4, -0.2) is 45.5 Å². The molecule has 0 unspecified atom stereocenters. The number of aliphatic hydroxyl groups is 1. The van der Waals surface area contributed by atoms with Gasteiger partial charge in [0.2, 0.25) is 5.91 Å². The Balaban J connectivity index is 2.10. The fourth-order valence-corrected chi connectivity index (χ4v) is 2.31. The molecule has 1 aromatic heterocycles. The fraction of sp³-hybridized carbons (Fsp3) is 0.615. The minimum absolute atomic E-state index is 0.176. The van der Waals surface area contributed by atoms with Crippen molar-refractivity contribution in [2.75, 3.05) is 19.8 Å². The van der Waals surface area contributed by atoms with E-state index in [2.05, 4.69) is 5.32 Å². The Morgan fingerprint density at radius 2 is 2.10 bits per heavy atom. The molecule has 0 bridgehead atoms. The minimum atomic E-state index is -0.695. The van der Waals surface area contributed by atoms with Crippen molar-refractivity contribution in [2.24, 2.45) is 7.05 Å². The summed E-state index contributed by atoms with van der Waals surface area (Å²) in [4.78, 5) is 35.2. The fourth-order valence-electron chi connectivity index (χ4n) is 2.31. The zero-order valence-corrected chi connectivity index (χ0v) is 11.9. The second-order valence-corrected chi connectivity index (χ2v) is 5.22. The zero-order valence-electron chi connectivity index (χ0n) is 11.9. The molecule has 1 aliphatic heterocycles. The van der Waals surface area contributed by atoms with Crippen molar-refractivity contribution >= 4 is 5.91 Å². The standard InChI is InChI=1S/C13H19N3O5/c1-15-11(19)2-5-16(12(15)20)8-10(18)14-13(9-17)3-6-21-7-4-13/h2,5,17H,3-4,6-9H2,1H3,(H,14,18). The molecule has 1 fully saturated rings. The molecule has 0 aromatic carbocycles. The zero-order chi connectivity index (χ0) is 15.5. The molecule has 8 heteroatoms. The molecule has 2 heterocycles. The Morgan fingerprint density at radius 3 is 2.71 bits per heavy atom. The van der Waals surface area contributed by atoms with E-state index < -0.39 is 16.8 Å². The molecule has 0 atom stereocenters. The first-order valence-electron chi connectivity index (χ1n) is 6.73. The molecule has 2 rings (SSSR count). The highest BCUT2D eigenvalue weighted by Gasteiger charge is 2.33. The van der Waals surface area contributed by atoms with Gasteiger partial charge >= 0.3 is 5.69 Å². The third kappa shape index (κ3) is 3.40. The van der Waals surface area contributed by atoms with E-state index in [-0.39, 0.29) is 19.1 Å². The van der Waals surface area contributed by atoms with Crippen molar-refractivity contribution in [2.45, 2.75) is 24.9 Å². The van der Waals surface area contributed by atoms with Gasteiger partial charge in [0.25, 0.3) is 5.56 Å². The summed E-state index contributed by atoms with van der Waals surface area (Å²) in [6, 6.07) is 1.23. The van der Waals surface area contributed by atoms with Crippen LogP contribution in [0.25, 0.3) is 0 Å². The van der Waals surface area contributed by atoms with Crippen molar-refractivity contribution in [3.05, 3.63) is 33.1 Å². The van der Waals surface area contributed by atoms with Crippen LogP contribution < -0.4 is 16.6 Å². The van der Waals surface area contributed by atoms with Crippen molar-refractivity contribution in [3.63, 3.8) is 0 Å². The number of nitrogens with zero attached hydrogens (tertiary/aromatic N) is 2. The van der Waals surface area contributed by atoms with Crippen LogP contribution in [-0.2, 0) is 23.1 Å². The predicted octanol–water partition coefficient (Wildman–Crippen LogP) is -1.80. The normalized spacial score (nSPS) is 17.4. The van der Waals surface area contributed by atoms with E-state index in [0.717, 1.165) is 9.13 Å². The lowest BCUT2D eigenvalue weighted by Crippen LogP contribution is -2.55. The van der Waals surface area contributed by atoms with Crippen LogP contribution in [0.1, 0.15) is 12.8 Å². The first-order valence-corrected chi connectivity index (χ1v) is 6.73. The first-order chi connectivity index (χ1) is 9.97. The van der Waals surface area contributed by atoms with Gasteiger partial charge in [0.05, 0.1) is 12.1 Å². The van der Waals surface area contributed by atoms with Gasteiger partial charge in [-0.2, -0.15) is 0 Å². The SMILES string of the molecule is Cn1c(=O)ccn(CC(=O)NC2(CO)CCOCC2)c1=O. The lowest BCUT2D eigenvalue weighted by molar-refractivity contribution is -0.125. The Bertz CT molecular complexity index is 627. The van der Waals surface area contributed by atoms with E-state index in [9.17, 15) is 19.5 Å². The molecule has 0 saturated carbocycles. The highest BCUT2D eigenvalue weighted by molar-refractivity contribution is 5.76. The number of nitrogens with one attached hydrogen (secondary N) is 1. The molecule has 1 amide bonds. The van der Waals surface area contributed by atoms with Gasteiger partial charge in [-0.15, -0.1) is 0 Å². The molecule has 116 valence electrons. The number of carbonyl (C=O) groups is 1. The molecule has 8 nitrogen and oxygen atoms in total. The molecule has 0 aliphatic carbocycles. The van der Waals surface area contributed by atoms with Crippen LogP contribution >= 0.6 is 0 Å². The van der Waals surface area contributed by atoms with Crippen LogP contribution in [0.15, 0.2) is 21.9 Å². The van der Waals surface area contributed by atoms with Crippen molar-refractivity contribution in [1.29, 1.82) is 0 Å². The molecule has 0 spiro atoms. The van der Waals surface area contributed by atoms with Gasteiger partial charge in [-0.05, 0) is 12.8 Å². The Kier molecular flexibility index (Phi) is 4.59. The highest BCUT2D eigenvalue weighted by atomic mass is 16.5. The van der Waals surface area contributed by atoms with Crippen LogP contribution in [0.3, 0.4) is 0 Å². The van der Waals surface area contributed by atoms with Crippen LogP contribution in [0.2, 0.25) is 0 Å². The van der Waals surface area contributed by atoms with Gasteiger partial charge in [0.15, 0.2) is 0 Å². The quantitative estimate of drug-likeness (QED) is 0.683. The smallest absolute Gasteiger partial charge is 0.331 e. The number of amides is 1. The van der Waals surface area contributed by atoms with E-state index in [0.29, 0.717) is 26.1 Å². The summed E-state index contributed by atoms with van der Waals surface area (Å²) in [5.74, 6) is -0.383. The summed E-state index contributed by atoms with van der Waals surface area (Å²) in [7, 11) is 1.35. The van der Waals surface area contributed by atoms with Crippen molar-refractivity contribution < 1.29 is 14.6 Å². The summed E-state index contributed by atoms with van der Waals surface area (Å²) < 4.78 is 7.31. The van der Waals surface area contributed by atoms with Crippen molar-refractivity contribution in [3.8, 4) is 0 Å². The van der Waals surface area contributed by atoms with E-state index >= 15 is 0 Å². The predicted molar refractivity (Wildman–Crippen MR) is 74.0 cm³/mol. The summed E-state index contributed by atoms with van der Waals surface area (Å²) >= 11 is 0. The number of ether oxygens (including phenoxy) is 1. The molecular weight excluding hydrogens is 278 g/mol. The minimum Gasteiger partial charge on any atom is -0.394 e. The highest BCUT2D eigenvalue weighted by Crippen LogP contribution is 2.19. The Labute approximate surface area is 121 Å². The van der Waals surface area contributed by atoms with E-state index in [1.807, 2.05) is 0 Å². The lowest BCUT2D eigenvalue weighted by Gasteiger charge is -2.36. The second-order valence-electron chi connectivity index (χ2n) is 5.22. The monoisotopic (exact) mass is 297 g/mol. The second kappa shape index (κ2) is 6.23. The number of hydrogen-bond donors (Lipinski definition) is 2. The third-order valence-electron chi connectivity index (χ3n) is 3.73. The van der Waals surface area contributed by atoms with Crippen LogP contribution in [0.4, 0.5) is 0 Å². The number of aromatic nitrogens is 2. The number of aliphatic hydroxyl groups excluding tert-OH is 1. The summed E-state index contributed by atoms with van der Waals surface area (Å²) in [6.07, 6.45) is 2.34. The van der Waals surface area contributed by atoms with Gasteiger partial charge in [-0.1, -0.05) is 0 Å². The van der Waals surface area contributed by atoms with Crippen LogP contribution in [0, 0.1) is 0 Å². The summed E-state index contributed by atoms with van der Waals surface area (Å²) in [5, 5.41) is 12.3. The molecule has 2 N–H and O–H groups in total. The van der Waals surface area contributed by atoms with Crippen molar-refractivity contribution in [1.82, 2.24) is 14.5 Å². The van der Waals surface area contributed by atoms with Gasteiger partial charge in [-0.3, -0.25) is 18.7 Å². The van der Waals surface area contributed by atoms with E-state index in [4.69, 9.17) is 4.74 Å². The largest absolute Gasteiger partial charge is 0.394 e. The molecule has 1 saturated heterocycles. The topological polar surface area (TPSA) is 103 Å². The number of carbonyl (C=O) groups excluding carboxylic acids is 1. The first kappa shape index (κ1) is 15.5. The molecule has 0 radical (unpaired) electrons. The summed E-state index contributed by atoms with van der Waals surface area (Å²) in [6.45, 7) is 0.571. The van der Waals surface area contributed by atoms with Gasteiger partial charge in [0, 0.05) is 32.5 Å². The Hall–Kier alpha value is -1.93. The Morgan fingerprint density at radius 1 is 1.43 bits per heavy atom. The number of rotatable bonds is 4. The van der Waals surface area contributed by atoms with Gasteiger partial charge in [0.1, 0.15) is 6.54 Å². The van der Waals surface area contributed by atoms with Gasteiger partial charge < -0.3 is 15.2 Å². The lowest BCUT2D eigenvalue weighted by atomic mass is 9.91. The van der Waals surface area contributed by atoms with Gasteiger partial charge in [-0.25, -0.2) is 4.79 Å². The average Bonchev–Trinajstić information content (AvgIpc) is 2.49. The maximum atomic E-state index is 12.1. The summed E-state index contributed by atoms with van der Waals surface area (Å²) in [5.41, 5.74) is -1.67. The maximum absolute atomic E-state index is 12.1. The maximum Gasteiger partial charge on any atom is 0.331 e. The average molecular weight is 297 g/mol. The molecule has 1 aromatic rings. The molecule has 1 aliphatic rings. The molecular formula is C13H19N3O5. The van der Waals surface area contributed by atoms with E-state index in [1.54, 1.807) is 0 Å². The third-order valence-corrected chi connectivity index (χ3v) is 3.73. The molecule has 21 heavy (non-hydrogen) atoms.